The van der Waals surface area contributed by atoms with Crippen molar-refractivity contribution in [3.05, 3.63) is 51.2 Å². The summed E-state index contributed by atoms with van der Waals surface area (Å²) in [5.74, 6) is 2.21. The number of oxazole rings is 1. The van der Waals surface area contributed by atoms with Gasteiger partial charge >= 0.3 is 0 Å². The number of rotatable bonds is 6. The molecule has 130 valence electrons. The van der Waals surface area contributed by atoms with Crippen LogP contribution in [0.5, 0.6) is 0 Å². The van der Waals surface area contributed by atoms with Crippen molar-refractivity contribution in [2.75, 3.05) is 13.6 Å². The molecule has 1 aromatic heterocycles. The number of benzene rings is 1. The molecule has 0 aliphatic carbocycles. The number of nitrogens with zero attached hydrogens (tertiary/aromatic N) is 2. The molecule has 0 aliphatic rings. The molecule has 2 N–H and O–H groups in total. The summed E-state index contributed by atoms with van der Waals surface area (Å²) >= 11 is 12.1. The van der Waals surface area contributed by atoms with Crippen molar-refractivity contribution in [2.24, 2.45) is 4.99 Å². The molecule has 7 heteroatoms. The Hall–Kier alpha value is -1.72. The third-order valence-electron chi connectivity index (χ3n) is 3.63. The third-order valence-corrected chi connectivity index (χ3v) is 4.22. The molecule has 5 nitrogen and oxygen atoms in total. The molecule has 0 aliphatic heterocycles. The Labute approximate surface area is 152 Å². The SMILES string of the molecule is CN=C(NCCCc1ccc(Cl)cc1Cl)NCc1nc(C)c(C)o1. The van der Waals surface area contributed by atoms with Gasteiger partial charge in [0.2, 0.25) is 5.89 Å². The lowest BCUT2D eigenvalue weighted by Gasteiger charge is -2.11. The maximum Gasteiger partial charge on any atom is 0.214 e. The highest BCUT2D eigenvalue weighted by Crippen LogP contribution is 2.21. The predicted octanol–water partition coefficient (Wildman–Crippen LogP) is 3.90. The number of aromatic nitrogens is 1. The van der Waals surface area contributed by atoms with Gasteiger partial charge in [-0.1, -0.05) is 29.3 Å². The van der Waals surface area contributed by atoms with Gasteiger partial charge in [-0.05, 0) is 44.4 Å². The zero-order valence-electron chi connectivity index (χ0n) is 14.1. The van der Waals surface area contributed by atoms with Gasteiger partial charge in [0.25, 0.3) is 0 Å². The van der Waals surface area contributed by atoms with E-state index in [9.17, 15) is 0 Å². The highest BCUT2D eigenvalue weighted by Gasteiger charge is 2.06. The molecule has 0 atom stereocenters. The van der Waals surface area contributed by atoms with E-state index in [1.807, 2.05) is 26.0 Å². The van der Waals surface area contributed by atoms with Crippen LogP contribution in [-0.4, -0.2) is 24.5 Å². The Kier molecular flexibility index (Phi) is 6.94. The summed E-state index contributed by atoms with van der Waals surface area (Å²) in [4.78, 5) is 8.52. The second kappa shape index (κ2) is 8.94. The molecule has 0 radical (unpaired) electrons. The zero-order chi connectivity index (χ0) is 17.5. The first-order chi connectivity index (χ1) is 11.5. The molecule has 0 spiro atoms. The predicted molar refractivity (Wildman–Crippen MR) is 99.0 cm³/mol. The van der Waals surface area contributed by atoms with Crippen molar-refractivity contribution >= 4 is 29.2 Å². The lowest BCUT2D eigenvalue weighted by molar-refractivity contribution is 0.463. The maximum absolute atomic E-state index is 6.17. The van der Waals surface area contributed by atoms with Crippen LogP contribution in [0.4, 0.5) is 0 Å². The number of nitrogens with one attached hydrogen (secondary N) is 2. The van der Waals surface area contributed by atoms with E-state index in [0.29, 0.717) is 28.4 Å². The van der Waals surface area contributed by atoms with Gasteiger partial charge < -0.3 is 15.1 Å². The summed E-state index contributed by atoms with van der Waals surface area (Å²) in [5.41, 5.74) is 2.01. The number of hydrogen-bond acceptors (Lipinski definition) is 3. The molecular weight excluding hydrogens is 347 g/mol. The van der Waals surface area contributed by atoms with E-state index < -0.39 is 0 Å². The molecule has 1 aromatic carbocycles. The van der Waals surface area contributed by atoms with Gasteiger partial charge in [-0.2, -0.15) is 0 Å². The number of aliphatic imine (C=N–C) groups is 1. The van der Waals surface area contributed by atoms with Gasteiger partial charge in [0.05, 0.1) is 12.2 Å². The average molecular weight is 369 g/mol. The Morgan fingerprint density at radius 2 is 2.04 bits per heavy atom. The van der Waals surface area contributed by atoms with Crippen LogP contribution in [0.25, 0.3) is 0 Å². The van der Waals surface area contributed by atoms with Crippen LogP contribution in [0.2, 0.25) is 10.0 Å². The minimum atomic E-state index is 0.497. The van der Waals surface area contributed by atoms with Gasteiger partial charge in [-0.25, -0.2) is 4.98 Å². The molecule has 0 amide bonds. The van der Waals surface area contributed by atoms with E-state index in [4.69, 9.17) is 27.6 Å². The van der Waals surface area contributed by atoms with Gasteiger partial charge in [0.15, 0.2) is 5.96 Å². The fraction of sp³-hybridized carbons (Fsp3) is 0.412. The molecule has 0 fully saturated rings. The van der Waals surface area contributed by atoms with Crippen molar-refractivity contribution in [3.8, 4) is 0 Å². The van der Waals surface area contributed by atoms with Crippen LogP contribution in [0, 0.1) is 13.8 Å². The number of hydrogen-bond donors (Lipinski definition) is 2. The fourth-order valence-corrected chi connectivity index (χ4v) is 2.71. The molecule has 0 unspecified atom stereocenters. The van der Waals surface area contributed by atoms with Crippen LogP contribution in [-0.2, 0) is 13.0 Å². The summed E-state index contributed by atoms with van der Waals surface area (Å²) in [6, 6.07) is 5.59. The first-order valence-corrected chi connectivity index (χ1v) is 8.56. The lowest BCUT2D eigenvalue weighted by atomic mass is 10.1. The van der Waals surface area contributed by atoms with E-state index >= 15 is 0 Å². The monoisotopic (exact) mass is 368 g/mol. The second-order valence-electron chi connectivity index (χ2n) is 5.44. The lowest BCUT2D eigenvalue weighted by Crippen LogP contribution is -2.37. The van der Waals surface area contributed by atoms with Crippen molar-refractivity contribution in [3.63, 3.8) is 0 Å². The van der Waals surface area contributed by atoms with Crippen molar-refractivity contribution in [2.45, 2.75) is 33.2 Å². The quantitative estimate of drug-likeness (QED) is 0.461. The van der Waals surface area contributed by atoms with Crippen LogP contribution in [0.3, 0.4) is 0 Å². The normalized spacial score (nSPS) is 11.6. The molecular formula is C17H22Cl2N4O. The molecule has 24 heavy (non-hydrogen) atoms. The number of aryl methyl sites for hydroxylation is 3. The molecule has 1 heterocycles. The zero-order valence-corrected chi connectivity index (χ0v) is 15.6. The van der Waals surface area contributed by atoms with Crippen LogP contribution < -0.4 is 10.6 Å². The molecule has 2 rings (SSSR count). The number of halogens is 2. The summed E-state index contributed by atoms with van der Waals surface area (Å²) in [6.07, 6.45) is 1.80. The Bertz CT molecular complexity index is 693. The molecule has 0 saturated heterocycles. The average Bonchev–Trinajstić information content (AvgIpc) is 2.86. The van der Waals surface area contributed by atoms with Crippen molar-refractivity contribution in [1.29, 1.82) is 0 Å². The largest absolute Gasteiger partial charge is 0.444 e. The highest BCUT2D eigenvalue weighted by molar-refractivity contribution is 6.35. The van der Waals surface area contributed by atoms with Gasteiger partial charge in [-0.3, -0.25) is 4.99 Å². The fourth-order valence-electron chi connectivity index (χ4n) is 2.20. The van der Waals surface area contributed by atoms with E-state index in [-0.39, 0.29) is 0 Å². The minimum absolute atomic E-state index is 0.497. The molecule has 0 bridgehead atoms. The van der Waals surface area contributed by atoms with Crippen molar-refractivity contribution < 1.29 is 4.42 Å². The maximum atomic E-state index is 6.17. The first-order valence-electron chi connectivity index (χ1n) is 7.81. The van der Waals surface area contributed by atoms with Crippen LogP contribution in [0.1, 0.15) is 29.3 Å². The summed E-state index contributed by atoms with van der Waals surface area (Å²) in [6.45, 7) is 5.11. The van der Waals surface area contributed by atoms with E-state index in [1.54, 1.807) is 13.1 Å². The topological polar surface area (TPSA) is 62.5 Å². The Balaban J connectivity index is 1.73. The number of guanidine groups is 1. The standard InChI is InChI=1S/C17H22Cl2N4O/c1-11-12(2)24-16(23-11)10-22-17(20-3)21-8-4-5-13-6-7-14(18)9-15(13)19/h6-7,9H,4-5,8,10H2,1-3H3,(H2,20,21,22). The third kappa shape index (κ3) is 5.42. The van der Waals surface area contributed by atoms with Gasteiger partial charge in [-0.15, -0.1) is 0 Å². The van der Waals surface area contributed by atoms with Gasteiger partial charge in [0.1, 0.15) is 5.76 Å². The summed E-state index contributed by atoms with van der Waals surface area (Å²) in [5, 5.41) is 7.81. The Morgan fingerprint density at radius 1 is 1.25 bits per heavy atom. The van der Waals surface area contributed by atoms with Crippen LogP contribution in [0.15, 0.2) is 27.6 Å². The first kappa shape index (κ1) is 18.6. The Morgan fingerprint density at radius 3 is 2.67 bits per heavy atom. The molecule has 0 saturated carbocycles. The van der Waals surface area contributed by atoms with Crippen molar-refractivity contribution in [1.82, 2.24) is 15.6 Å². The minimum Gasteiger partial charge on any atom is -0.444 e. The smallest absolute Gasteiger partial charge is 0.214 e. The van der Waals surface area contributed by atoms with E-state index in [0.717, 1.165) is 36.4 Å². The van der Waals surface area contributed by atoms with E-state index in [2.05, 4.69) is 20.6 Å². The van der Waals surface area contributed by atoms with E-state index in [1.165, 1.54) is 0 Å². The molecule has 2 aromatic rings. The van der Waals surface area contributed by atoms with Crippen LogP contribution >= 0.6 is 23.2 Å². The summed E-state index contributed by atoms with van der Waals surface area (Å²) < 4.78 is 5.53. The highest BCUT2D eigenvalue weighted by atomic mass is 35.5. The van der Waals surface area contributed by atoms with Gasteiger partial charge in [0, 0.05) is 23.6 Å². The summed E-state index contributed by atoms with van der Waals surface area (Å²) in [7, 11) is 1.73. The second-order valence-corrected chi connectivity index (χ2v) is 6.28.